The number of imidazole rings is 1. The standard InChI is InChI=1S/C22H26N8O/c1-2-6-15(5-1)16-13-24-30-20(16)27-22(29-9-11-31-12-10-29)28-21(30)23-14-19-25-17-7-3-4-8-18(17)26-19/h3-4,7-8,13,15H,1-2,5-6,9-12,14H2,(H,25,26)(H,23,27,28). The number of anilines is 2. The molecule has 4 heterocycles. The normalized spacial score (nSPS) is 17.7. The number of aromatic amines is 1. The van der Waals surface area contributed by atoms with E-state index in [0.29, 0.717) is 31.6 Å². The van der Waals surface area contributed by atoms with Gasteiger partial charge < -0.3 is 19.9 Å². The van der Waals surface area contributed by atoms with E-state index in [1.54, 1.807) is 0 Å². The summed E-state index contributed by atoms with van der Waals surface area (Å²) in [6.45, 7) is 3.52. The molecule has 0 radical (unpaired) electrons. The highest BCUT2D eigenvalue weighted by atomic mass is 16.5. The van der Waals surface area contributed by atoms with Gasteiger partial charge in [-0.1, -0.05) is 25.0 Å². The molecule has 3 aromatic heterocycles. The van der Waals surface area contributed by atoms with Crippen LogP contribution in [-0.4, -0.2) is 55.9 Å². The predicted molar refractivity (Wildman–Crippen MR) is 118 cm³/mol. The van der Waals surface area contributed by atoms with Crippen LogP contribution < -0.4 is 10.2 Å². The largest absolute Gasteiger partial charge is 0.378 e. The van der Waals surface area contributed by atoms with Crippen molar-refractivity contribution in [2.45, 2.75) is 38.1 Å². The van der Waals surface area contributed by atoms with E-state index in [1.165, 1.54) is 31.2 Å². The molecular weight excluding hydrogens is 392 g/mol. The van der Waals surface area contributed by atoms with Crippen molar-refractivity contribution in [2.24, 2.45) is 0 Å². The molecular formula is C22H26N8O. The highest BCUT2D eigenvalue weighted by molar-refractivity contribution is 5.74. The molecule has 1 aliphatic carbocycles. The molecule has 1 saturated carbocycles. The van der Waals surface area contributed by atoms with Crippen molar-refractivity contribution in [1.29, 1.82) is 0 Å². The van der Waals surface area contributed by atoms with E-state index in [4.69, 9.17) is 14.7 Å². The number of ether oxygens (including phenoxy) is 1. The second-order valence-corrected chi connectivity index (χ2v) is 8.32. The lowest BCUT2D eigenvalue weighted by atomic mass is 10.0. The minimum Gasteiger partial charge on any atom is -0.378 e. The van der Waals surface area contributed by atoms with Crippen molar-refractivity contribution in [3.8, 4) is 0 Å². The predicted octanol–water partition coefficient (Wildman–Crippen LogP) is 3.11. The van der Waals surface area contributed by atoms with Gasteiger partial charge in [0.25, 0.3) is 0 Å². The van der Waals surface area contributed by atoms with Crippen LogP contribution in [0.15, 0.2) is 30.5 Å². The number of H-pyrrole nitrogens is 1. The van der Waals surface area contributed by atoms with Gasteiger partial charge in [-0.15, -0.1) is 0 Å². The number of para-hydroxylation sites is 2. The van der Waals surface area contributed by atoms with Crippen LogP contribution in [-0.2, 0) is 11.3 Å². The first-order valence-corrected chi connectivity index (χ1v) is 11.1. The minimum absolute atomic E-state index is 0.530. The number of rotatable bonds is 5. The molecule has 2 fully saturated rings. The summed E-state index contributed by atoms with van der Waals surface area (Å²) in [4.78, 5) is 20.0. The Balaban J connectivity index is 1.36. The first-order chi connectivity index (χ1) is 15.3. The Bertz CT molecular complexity index is 1170. The Hall–Kier alpha value is -3.20. The minimum atomic E-state index is 0.530. The van der Waals surface area contributed by atoms with E-state index in [2.05, 4.69) is 25.3 Å². The van der Waals surface area contributed by atoms with Crippen LogP contribution in [0.4, 0.5) is 11.9 Å². The Morgan fingerprint density at radius 2 is 1.90 bits per heavy atom. The number of fused-ring (bicyclic) bond motifs is 2. The van der Waals surface area contributed by atoms with E-state index < -0.39 is 0 Å². The SMILES string of the molecule is c1ccc2[nH]c(CNc3nc(N4CCOCC4)nc4c(C5CCCC5)cnn34)nc2c1. The van der Waals surface area contributed by atoms with E-state index in [0.717, 1.165) is 41.5 Å². The highest BCUT2D eigenvalue weighted by Gasteiger charge is 2.25. The summed E-state index contributed by atoms with van der Waals surface area (Å²) < 4.78 is 7.37. The molecule has 1 aliphatic heterocycles. The summed E-state index contributed by atoms with van der Waals surface area (Å²) in [5, 5.41) is 8.11. The maximum Gasteiger partial charge on any atom is 0.230 e. The molecule has 2 N–H and O–H groups in total. The lowest BCUT2D eigenvalue weighted by Gasteiger charge is -2.27. The molecule has 0 unspecified atom stereocenters. The summed E-state index contributed by atoms with van der Waals surface area (Å²) in [6, 6.07) is 8.05. The fourth-order valence-electron chi connectivity index (χ4n) is 4.68. The van der Waals surface area contributed by atoms with Gasteiger partial charge in [0.05, 0.1) is 37.0 Å². The number of nitrogens with zero attached hydrogens (tertiary/aromatic N) is 6. The van der Waals surface area contributed by atoms with Crippen molar-refractivity contribution < 1.29 is 4.74 Å². The fraction of sp³-hybridized carbons (Fsp3) is 0.455. The number of nitrogens with one attached hydrogen (secondary N) is 2. The molecule has 2 aliphatic rings. The zero-order valence-electron chi connectivity index (χ0n) is 17.4. The van der Waals surface area contributed by atoms with Gasteiger partial charge in [-0.25, -0.2) is 4.98 Å². The van der Waals surface area contributed by atoms with E-state index >= 15 is 0 Å². The van der Waals surface area contributed by atoms with Crippen LogP contribution in [0.1, 0.15) is 43.0 Å². The van der Waals surface area contributed by atoms with Crippen molar-refractivity contribution >= 4 is 28.6 Å². The van der Waals surface area contributed by atoms with Crippen LogP contribution in [0.3, 0.4) is 0 Å². The molecule has 0 spiro atoms. The second kappa shape index (κ2) is 7.81. The molecule has 4 aromatic rings. The summed E-state index contributed by atoms with van der Waals surface area (Å²) in [5.41, 5.74) is 4.14. The Morgan fingerprint density at radius 1 is 1.06 bits per heavy atom. The van der Waals surface area contributed by atoms with Crippen LogP contribution in [0, 0.1) is 0 Å². The van der Waals surface area contributed by atoms with Crippen LogP contribution in [0.25, 0.3) is 16.7 Å². The topological polar surface area (TPSA) is 96.3 Å². The van der Waals surface area contributed by atoms with Crippen molar-refractivity contribution in [3.05, 3.63) is 41.9 Å². The Kier molecular flexibility index (Phi) is 4.67. The van der Waals surface area contributed by atoms with Crippen LogP contribution in [0.2, 0.25) is 0 Å². The molecule has 6 rings (SSSR count). The number of aromatic nitrogens is 6. The van der Waals surface area contributed by atoms with Gasteiger partial charge in [0, 0.05) is 18.7 Å². The van der Waals surface area contributed by atoms with Crippen molar-refractivity contribution in [1.82, 2.24) is 29.5 Å². The molecule has 9 heteroatoms. The average Bonchev–Trinajstić information content (AvgIpc) is 3.56. The molecule has 9 nitrogen and oxygen atoms in total. The number of morpholine rings is 1. The van der Waals surface area contributed by atoms with Gasteiger partial charge in [0.2, 0.25) is 11.9 Å². The molecule has 0 atom stereocenters. The summed E-state index contributed by atoms with van der Waals surface area (Å²) in [5.74, 6) is 2.83. The van der Waals surface area contributed by atoms with Crippen molar-refractivity contribution in [3.63, 3.8) is 0 Å². The van der Waals surface area contributed by atoms with E-state index in [-0.39, 0.29) is 0 Å². The van der Waals surface area contributed by atoms with Gasteiger partial charge in [-0.05, 0) is 30.9 Å². The second-order valence-electron chi connectivity index (χ2n) is 8.32. The van der Waals surface area contributed by atoms with Gasteiger partial charge in [0.15, 0.2) is 5.65 Å². The van der Waals surface area contributed by atoms with Gasteiger partial charge in [0.1, 0.15) is 5.82 Å². The van der Waals surface area contributed by atoms with Gasteiger partial charge in [-0.2, -0.15) is 19.6 Å². The Morgan fingerprint density at radius 3 is 2.74 bits per heavy atom. The molecule has 0 bridgehead atoms. The first-order valence-electron chi connectivity index (χ1n) is 11.1. The summed E-state index contributed by atoms with van der Waals surface area (Å²) in [6.07, 6.45) is 6.95. The maximum atomic E-state index is 5.52. The first kappa shape index (κ1) is 18.6. The quantitative estimate of drug-likeness (QED) is 0.514. The van der Waals surface area contributed by atoms with Gasteiger partial charge >= 0.3 is 0 Å². The van der Waals surface area contributed by atoms with Gasteiger partial charge in [-0.3, -0.25) is 0 Å². The van der Waals surface area contributed by atoms with Crippen molar-refractivity contribution in [2.75, 3.05) is 36.5 Å². The molecule has 0 amide bonds. The van der Waals surface area contributed by atoms with Crippen LogP contribution >= 0.6 is 0 Å². The fourth-order valence-corrected chi connectivity index (χ4v) is 4.68. The lowest BCUT2D eigenvalue weighted by molar-refractivity contribution is 0.122. The molecule has 31 heavy (non-hydrogen) atoms. The zero-order chi connectivity index (χ0) is 20.6. The smallest absolute Gasteiger partial charge is 0.230 e. The van der Waals surface area contributed by atoms with Crippen LogP contribution in [0.5, 0.6) is 0 Å². The lowest BCUT2D eigenvalue weighted by Crippen LogP contribution is -2.37. The van der Waals surface area contributed by atoms with E-state index in [1.807, 2.05) is 35.0 Å². The zero-order valence-corrected chi connectivity index (χ0v) is 17.4. The average molecular weight is 419 g/mol. The summed E-state index contributed by atoms with van der Waals surface area (Å²) >= 11 is 0. The summed E-state index contributed by atoms with van der Waals surface area (Å²) in [7, 11) is 0. The third-order valence-electron chi connectivity index (χ3n) is 6.32. The maximum absolute atomic E-state index is 5.52. The third kappa shape index (κ3) is 3.48. The third-order valence-corrected chi connectivity index (χ3v) is 6.32. The molecule has 1 saturated heterocycles. The number of hydrogen-bond donors (Lipinski definition) is 2. The Labute approximate surface area is 179 Å². The molecule has 160 valence electrons. The molecule has 1 aromatic carbocycles. The monoisotopic (exact) mass is 418 g/mol. The van der Waals surface area contributed by atoms with E-state index in [9.17, 15) is 0 Å². The number of benzene rings is 1. The highest BCUT2D eigenvalue weighted by Crippen LogP contribution is 2.36. The number of hydrogen-bond acceptors (Lipinski definition) is 7.